The van der Waals surface area contributed by atoms with E-state index in [0.717, 1.165) is 24.2 Å². The number of hydrogen-bond acceptors (Lipinski definition) is 4. The molecule has 2 heterocycles. The zero-order valence-electron chi connectivity index (χ0n) is 11.5. The van der Waals surface area contributed by atoms with Gasteiger partial charge in [-0.1, -0.05) is 5.16 Å². The first kappa shape index (κ1) is 14.2. The molecular weight excluding hydrogens is 295 g/mol. The van der Waals surface area contributed by atoms with Gasteiger partial charge in [-0.15, -0.1) is 0 Å². The summed E-state index contributed by atoms with van der Waals surface area (Å²) >= 11 is 0. The Kier molecular flexibility index (Phi) is 3.54. The predicted molar refractivity (Wildman–Crippen MR) is 73.5 cm³/mol. The van der Waals surface area contributed by atoms with Crippen LogP contribution in [-0.2, 0) is 10.0 Å². The molecule has 1 aliphatic rings. The predicted octanol–water partition coefficient (Wildman–Crippen LogP) is 2.65. The highest BCUT2D eigenvalue weighted by Crippen LogP contribution is 2.36. The number of rotatable bonds is 3. The Labute approximate surface area is 122 Å². The van der Waals surface area contributed by atoms with Gasteiger partial charge >= 0.3 is 0 Å². The maximum Gasteiger partial charge on any atom is 0.243 e. The lowest BCUT2D eigenvalue weighted by molar-refractivity contribution is 0.297. The lowest BCUT2D eigenvalue weighted by Crippen LogP contribution is -2.30. The van der Waals surface area contributed by atoms with Gasteiger partial charge in [-0.3, -0.25) is 0 Å². The Hall–Kier alpha value is -1.73. The zero-order valence-corrected chi connectivity index (χ0v) is 12.3. The fourth-order valence-electron chi connectivity index (χ4n) is 2.59. The minimum Gasteiger partial charge on any atom is -0.359 e. The molecule has 0 radical (unpaired) electrons. The molecule has 7 heteroatoms. The van der Waals surface area contributed by atoms with Crippen LogP contribution >= 0.6 is 0 Å². The summed E-state index contributed by atoms with van der Waals surface area (Å²) < 4.78 is 44.9. The van der Waals surface area contributed by atoms with Crippen LogP contribution in [0.2, 0.25) is 0 Å². The van der Waals surface area contributed by atoms with Crippen molar-refractivity contribution < 1.29 is 17.3 Å². The van der Waals surface area contributed by atoms with Crippen LogP contribution in [-0.4, -0.2) is 24.4 Å². The number of sulfonamides is 1. The van der Waals surface area contributed by atoms with Crippen molar-refractivity contribution in [2.45, 2.75) is 30.7 Å². The third-order valence-corrected chi connectivity index (χ3v) is 5.52. The Morgan fingerprint density at radius 1 is 1.33 bits per heavy atom. The standard InChI is InChI=1S/C14H15FN2O3S/c1-10-9-14(20-16-10)13-3-2-8-17(13)21(18,19)12-6-4-11(15)5-7-12/h4-7,9,13H,2-3,8H2,1H3/t13-/m1/s1. The summed E-state index contributed by atoms with van der Waals surface area (Å²) in [5.41, 5.74) is 0.719. The first-order valence-electron chi connectivity index (χ1n) is 6.69. The van der Waals surface area contributed by atoms with Crippen molar-refractivity contribution in [3.8, 4) is 0 Å². The topological polar surface area (TPSA) is 63.4 Å². The normalized spacial score (nSPS) is 20.0. The number of hydrogen-bond donors (Lipinski definition) is 0. The van der Waals surface area contributed by atoms with Crippen LogP contribution in [0.5, 0.6) is 0 Å². The van der Waals surface area contributed by atoms with E-state index >= 15 is 0 Å². The number of halogens is 1. The maximum atomic E-state index is 13.0. The van der Waals surface area contributed by atoms with Crippen LogP contribution in [0.3, 0.4) is 0 Å². The van der Waals surface area contributed by atoms with Crippen molar-refractivity contribution in [3.05, 3.63) is 47.6 Å². The van der Waals surface area contributed by atoms with Gasteiger partial charge in [0, 0.05) is 12.6 Å². The highest BCUT2D eigenvalue weighted by Gasteiger charge is 2.38. The summed E-state index contributed by atoms with van der Waals surface area (Å²) in [5, 5.41) is 3.82. The van der Waals surface area contributed by atoms with Crippen molar-refractivity contribution >= 4 is 10.0 Å². The van der Waals surface area contributed by atoms with Crippen molar-refractivity contribution in [2.75, 3.05) is 6.54 Å². The van der Waals surface area contributed by atoms with Gasteiger partial charge in [-0.2, -0.15) is 4.31 Å². The SMILES string of the molecule is Cc1cc([C@H]2CCCN2S(=O)(=O)c2ccc(F)cc2)on1. The lowest BCUT2D eigenvalue weighted by Gasteiger charge is -2.22. The van der Waals surface area contributed by atoms with E-state index in [2.05, 4.69) is 5.16 Å². The molecule has 1 aromatic heterocycles. The summed E-state index contributed by atoms with van der Waals surface area (Å²) in [6, 6.07) is 6.27. The molecule has 0 amide bonds. The van der Waals surface area contributed by atoms with Crippen LogP contribution in [0, 0.1) is 12.7 Å². The van der Waals surface area contributed by atoms with Gasteiger partial charge in [0.15, 0.2) is 5.76 Å². The van der Waals surface area contributed by atoms with Crippen molar-refractivity contribution in [2.24, 2.45) is 0 Å². The number of aromatic nitrogens is 1. The van der Waals surface area contributed by atoms with Crippen LogP contribution in [0.1, 0.15) is 30.3 Å². The van der Waals surface area contributed by atoms with E-state index in [-0.39, 0.29) is 10.9 Å². The van der Waals surface area contributed by atoms with E-state index in [1.807, 2.05) is 0 Å². The van der Waals surface area contributed by atoms with Gasteiger partial charge in [-0.05, 0) is 44.0 Å². The summed E-state index contributed by atoms with van der Waals surface area (Å²) in [7, 11) is -3.66. The van der Waals surface area contributed by atoms with Crippen LogP contribution in [0.4, 0.5) is 4.39 Å². The summed E-state index contributed by atoms with van der Waals surface area (Å²) in [4.78, 5) is 0.0898. The Balaban J connectivity index is 1.96. The number of nitrogens with zero attached hydrogens (tertiary/aromatic N) is 2. The first-order valence-corrected chi connectivity index (χ1v) is 8.13. The Bertz CT molecular complexity index is 740. The van der Waals surface area contributed by atoms with Crippen molar-refractivity contribution in [3.63, 3.8) is 0 Å². The van der Waals surface area contributed by atoms with Gasteiger partial charge in [0.25, 0.3) is 0 Å². The van der Waals surface area contributed by atoms with E-state index in [1.165, 1.54) is 16.4 Å². The lowest BCUT2D eigenvalue weighted by atomic mass is 10.2. The molecule has 112 valence electrons. The first-order chi connectivity index (χ1) is 9.98. The highest BCUT2D eigenvalue weighted by molar-refractivity contribution is 7.89. The minimum absolute atomic E-state index is 0.0898. The van der Waals surface area contributed by atoms with E-state index in [4.69, 9.17) is 4.52 Å². The van der Waals surface area contributed by atoms with Gasteiger partial charge in [-0.25, -0.2) is 12.8 Å². The molecule has 1 saturated heterocycles. The molecule has 0 saturated carbocycles. The van der Waals surface area contributed by atoms with E-state index < -0.39 is 15.8 Å². The molecule has 1 fully saturated rings. The molecule has 5 nitrogen and oxygen atoms in total. The van der Waals surface area contributed by atoms with Crippen molar-refractivity contribution in [1.29, 1.82) is 0 Å². The molecule has 0 unspecified atom stereocenters. The molecule has 3 rings (SSSR count). The maximum absolute atomic E-state index is 13.0. The fourth-order valence-corrected chi connectivity index (χ4v) is 4.26. The molecule has 2 aromatic rings. The van der Waals surface area contributed by atoms with Gasteiger partial charge < -0.3 is 4.52 Å². The fraction of sp³-hybridized carbons (Fsp3) is 0.357. The van der Waals surface area contributed by atoms with Crippen LogP contribution in [0.15, 0.2) is 39.8 Å². The Morgan fingerprint density at radius 3 is 2.67 bits per heavy atom. The average Bonchev–Trinajstić information content (AvgIpc) is 3.07. The van der Waals surface area contributed by atoms with E-state index in [1.54, 1.807) is 13.0 Å². The van der Waals surface area contributed by atoms with E-state index in [9.17, 15) is 12.8 Å². The van der Waals surface area contributed by atoms with Gasteiger partial charge in [0.2, 0.25) is 10.0 Å². The monoisotopic (exact) mass is 310 g/mol. The van der Waals surface area contributed by atoms with E-state index in [0.29, 0.717) is 18.7 Å². The second kappa shape index (κ2) is 5.23. The highest BCUT2D eigenvalue weighted by atomic mass is 32.2. The minimum atomic E-state index is -3.66. The smallest absolute Gasteiger partial charge is 0.243 e. The molecule has 1 aromatic carbocycles. The average molecular weight is 310 g/mol. The molecular formula is C14H15FN2O3S. The molecule has 21 heavy (non-hydrogen) atoms. The van der Waals surface area contributed by atoms with Crippen LogP contribution < -0.4 is 0 Å². The second-order valence-corrected chi connectivity index (χ2v) is 6.99. The molecule has 0 bridgehead atoms. The molecule has 0 N–H and O–H groups in total. The summed E-state index contributed by atoms with van der Waals surface area (Å²) in [5.74, 6) is 0.0912. The molecule has 0 spiro atoms. The number of aryl methyl sites for hydroxylation is 1. The quantitative estimate of drug-likeness (QED) is 0.874. The van der Waals surface area contributed by atoms with Crippen LogP contribution in [0.25, 0.3) is 0 Å². The molecule has 1 atom stereocenters. The van der Waals surface area contributed by atoms with Gasteiger partial charge in [0.05, 0.1) is 16.6 Å². The number of benzene rings is 1. The Morgan fingerprint density at radius 2 is 2.05 bits per heavy atom. The summed E-state index contributed by atoms with van der Waals surface area (Å²) in [6.07, 6.45) is 1.44. The molecule has 1 aliphatic heterocycles. The van der Waals surface area contributed by atoms with Crippen molar-refractivity contribution in [1.82, 2.24) is 9.46 Å². The zero-order chi connectivity index (χ0) is 15.0. The molecule has 0 aliphatic carbocycles. The third kappa shape index (κ3) is 2.58. The second-order valence-electron chi connectivity index (χ2n) is 5.10. The van der Waals surface area contributed by atoms with Gasteiger partial charge in [0.1, 0.15) is 5.82 Å². The third-order valence-electron chi connectivity index (χ3n) is 3.60. The largest absolute Gasteiger partial charge is 0.359 e. The summed E-state index contributed by atoms with van der Waals surface area (Å²) in [6.45, 7) is 2.21.